The third-order valence-electron chi connectivity index (χ3n) is 6.78. The number of hydrogen-bond acceptors (Lipinski definition) is 7. The summed E-state index contributed by atoms with van der Waals surface area (Å²) in [5.41, 5.74) is 23.5. The van der Waals surface area contributed by atoms with Gasteiger partial charge < -0.3 is 48.9 Å². The van der Waals surface area contributed by atoms with Gasteiger partial charge in [-0.25, -0.2) is 4.99 Å². The molecule has 2 aromatic carbocycles. The molecule has 2 rings (SSSR count). The third kappa shape index (κ3) is 13.2. The van der Waals surface area contributed by atoms with Crippen molar-refractivity contribution >= 4 is 35.5 Å². The second-order valence-corrected chi connectivity index (χ2v) is 10.4. The van der Waals surface area contributed by atoms with E-state index in [9.17, 15) is 24.3 Å². The first-order chi connectivity index (χ1) is 21.4. The molecule has 0 heterocycles. The number of hydrogen-bond donors (Lipinski definition) is 8. The van der Waals surface area contributed by atoms with Gasteiger partial charge in [-0.2, -0.15) is 0 Å². The molecule has 3 atom stereocenters. The number of likely N-dealkylation sites (N-methyl/N-ethyl adjacent to an activating group) is 1. The van der Waals surface area contributed by atoms with Crippen molar-refractivity contribution in [3.8, 4) is 5.75 Å². The van der Waals surface area contributed by atoms with Gasteiger partial charge in [0.05, 0.1) is 0 Å². The summed E-state index contributed by atoms with van der Waals surface area (Å²) in [7, 11) is 3.06. The standard InChI is InChI=1S/C30H44N10O5/c1-35-25(42)14-16-40(2)28(45)24(18-19-7-4-3-5-8-19)38-26(43)22(9-6-15-36-29(31)32)37-27(44)23(39-30(33)34)17-20-10-12-21(41)13-11-20/h3-5,7-8,10-13,22-24,41H,6,9,14-18H2,1-2H3,(H,35,42)(H,37,44)(H,38,43)(H4,31,32,36)(H4,33,34,39)/t22-,23+,24+/m1/s1. The topological polar surface area (TPSA) is 257 Å². The van der Waals surface area contributed by atoms with E-state index in [0.29, 0.717) is 12.0 Å². The predicted molar refractivity (Wildman–Crippen MR) is 172 cm³/mol. The number of phenols is 1. The molecule has 0 bridgehead atoms. The molecule has 4 amide bonds. The van der Waals surface area contributed by atoms with Crippen LogP contribution in [0.5, 0.6) is 5.75 Å². The van der Waals surface area contributed by atoms with Crippen LogP contribution in [-0.4, -0.2) is 90.9 Å². The van der Waals surface area contributed by atoms with Crippen LogP contribution in [0.2, 0.25) is 0 Å². The highest BCUT2D eigenvalue weighted by Gasteiger charge is 2.30. The summed E-state index contributed by atoms with van der Waals surface area (Å²) in [6, 6.07) is 12.1. The first kappa shape index (κ1) is 35.9. The van der Waals surface area contributed by atoms with Gasteiger partial charge in [0.15, 0.2) is 11.9 Å². The van der Waals surface area contributed by atoms with Gasteiger partial charge in [-0.1, -0.05) is 42.5 Å². The largest absolute Gasteiger partial charge is 0.508 e. The van der Waals surface area contributed by atoms with Crippen molar-refractivity contribution in [1.29, 1.82) is 0 Å². The second kappa shape index (κ2) is 18.4. The summed E-state index contributed by atoms with van der Waals surface area (Å²) in [6.45, 7) is 0.331. The summed E-state index contributed by atoms with van der Waals surface area (Å²) < 4.78 is 0. The average molecular weight is 625 g/mol. The molecule has 0 aromatic heterocycles. The number of nitrogens with two attached hydrogens (primary N) is 4. The first-order valence-corrected chi connectivity index (χ1v) is 14.4. The van der Waals surface area contributed by atoms with Gasteiger partial charge in [0.25, 0.3) is 0 Å². The minimum absolute atomic E-state index is 0.0537. The molecule has 15 nitrogen and oxygen atoms in total. The summed E-state index contributed by atoms with van der Waals surface area (Å²) in [5, 5.41) is 17.6. The van der Waals surface area contributed by atoms with Crippen LogP contribution < -0.4 is 38.9 Å². The molecule has 0 unspecified atom stereocenters. The molecule has 244 valence electrons. The van der Waals surface area contributed by atoms with Gasteiger partial charge in [0.1, 0.15) is 23.9 Å². The van der Waals surface area contributed by atoms with Crippen LogP contribution in [0.4, 0.5) is 0 Å². The van der Waals surface area contributed by atoms with Crippen LogP contribution in [-0.2, 0) is 32.0 Å². The molecule has 0 spiro atoms. The summed E-state index contributed by atoms with van der Waals surface area (Å²) in [6.07, 6.45) is 0.784. The van der Waals surface area contributed by atoms with E-state index in [1.165, 1.54) is 24.1 Å². The molecule has 12 N–H and O–H groups in total. The zero-order valence-electron chi connectivity index (χ0n) is 25.6. The molecule has 2 aromatic rings. The number of guanidine groups is 2. The second-order valence-electron chi connectivity index (χ2n) is 10.4. The van der Waals surface area contributed by atoms with Gasteiger partial charge in [0.2, 0.25) is 23.6 Å². The fraction of sp³-hybridized carbons (Fsp3) is 0.400. The zero-order chi connectivity index (χ0) is 33.4. The molecule has 0 saturated heterocycles. The SMILES string of the molecule is CNC(=O)CCN(C)C(=O)[C@H](Cc1ccccc1)NC(=O)[C@@H](CCCN=C(N)N)NC(=O)[C@H](Cc1ccc(O)cc1)N=C(N)N. The van der Waals surface area contributed by atoms with E-state index in [1.807, 2.05) is 30.3 Å². The van der Waals surface area contributed by atoms with E-state index < -0.39 is 35.8 Å². The Hall–Kier alpha value is -5.34. The summed E-state index contributed by atoms with van der Waals surface area (Å²) in [5.74, 6) is -2.27. The monoisotopic (exact) mass is 624 g/mol. The fourth-order valence-corrected chi connectivity index (χ4v) is 4.37. The molecule has 0 radical (unpaired) electrons. The lowest BCUT2D eigenvalue weighted by atomic mass is 10.0. The van der Waals surface area contributed by atoms with Crippen molar-refractivity contribution in [2.45, 2.75) is 50.2 Å². The molecular formula is C30H44N10O5. The molecular weight excluding hydrogens is 580 g/mol. The quantitative estimate of drug-likeness (QED) is 0.0574. The van der Waals surface area contributed by atoms with Gasteiger partial charge in [0, 0.05) is 46.4 Å². The van der Waals surface area contributed by atoms with E-state index in [0.717, 1.165) is 5.56 Å². The number of aliphatic imine (C=N–C) groups is 2. The van der Waals surface area contributed by atoms with E-state index in [4.69, 9.17) is 22.9 Å². The lowest BCUT2D eigenvalue weighted by Crippen LogP contribution is -2.56. The molecule has 0 aliphatic carbocycles. The predicted octanol–water partition coefficient (Wildman–Crippen LogP) is -1.56. The highest BCUT2D eigenvalue weighted by Crippen LogP contribution is 2.14. The molecule has 0 fully saturated rings. The number of carbonyl (C=O) groups excluding carboxylic acids is 4. The lowest BCUT2D eigenvalue weighted by Gasteiger charge is -2.27. The smallest absolute Gasteiger partial charge is 0.245 e. The van der Waals surface area contributed by atoms with Gasteiger partial charge in [-0.15, -0.1) is 0 Å². The fourth-order valence-electron chi connectivity index (χ4n) is 4.37. The van der Waals surface area contributed by atoms with Crippen LogP contribution in [0.1, 0.15) is 30.4 Å². The normalized spacial score (nSPS) is 12.5. The molecule has 45 heavy (non-hydrogen) atoms. The van der Waals surface area contributed by atoms with Crippen LogP contribution in [0.15, 0.2) is 64.6 Å². The highest BCUT2D eigenvalue weighted by molar-refractivity contribution is 5.94. The summed E-state index contributed by atoms with van der Waals surface area (Å²) >= 11 is 0. The summed E-state index contributed by atoms with van der Waals surface area (Å²) in [4.78, 5) is 61.8. The number of carbonyl (C=O) groups is 4. The van der Waals surface area contributed by atoms with E-state index in [2.05, 4.69) is 25.9 Å². The Morgan fingerprint density at radius 1 is 0.844 bits per heavy atom. The zero-order valence-corrected chi connectivity index (χ0v) is 25.6. The number of rotatable bonds is 17. The number of benzene rings is 2. The lowest BCUT2D eigenvalue weighted by molar-refractivity contribution is -0.137. The van der Waals surface area contributed by atoms with Crippen molar-refractivity contribution in [3.05, 3.63) is 65.7 Å². The van der Waals surface area contributed by atoms with Gasteiger partial charge in [-0.3, -0.25) is 24.2 Å². The molecule has 0 aliphatic heterocycles. The number of nitrogens with one attached hydrogen (secondary N) is 3. The number of aromatic hydroxyl groups is 1. The number of amides is 4. The Kier molecular flexibility index (Phi) is 14.6. The van der Waals surface area contributed by atoms with Crippen LogP contribution >= 0.6 is 0 Å². The maximum atomic E-state index is 13.7. The Bertz CT molecular complexity index is 1330. The third-order valence-corrected chi connectivity index (χ3v) is 6.78. The Morgan fingerprint density at radius 2 is 1.47 bits per heavy atom. The van der Waals surface area contributed by atoms with Gasteiger partial charge >= 0.3 is 0 Å². The number of nitrogens with zero attached hydrogens (tertiary/aromatic N) is 3. The Balaban J connectivity index is 2.31. The van der Waals surface area contributed by atoms with Crippen molar-refractivity contribution < 1.29 is 24.3 Å². The maximum absolute atomic E-state index is 13.7. The number of phenolic OH excluding ortho intramolecular Hbond substituents is 1. The van der Waals surface area contributed by atoms with Crippen molar-refractivity contribution in [3.63, 3.8) is 0 Å². The van der Waals surface area contributed by atoms with E-state index in [1.54, 1.807) is 19.2 Å². The van der Waals surface area contributed by atoms with Gasteiger partial charge in [-0.05, 0) is 36.1 Å². The maximum Gasteiger partial charge on any atom is 0.245 e. The van der Waals surface area contributed by atoms with Crippen LogP contribution in [0.25, 0.3) is 0 Å². The molecule has 0 aliphatic rings. The average Bonchev–Trinajstić information content (AvgIpc) is 3.01. The van der Waals surface area contributed by atoms with Crippen LogP contribution in [0.3, 0.4) is 0 Å². The first-order valence-electron chi connectivity index (χ1n) is 14.4. The van der Waals surface area contributed by atoms with Crippen molar-refractivity contribution in [2.75, 3.05) is 27.2 Å². The minimum atomic E-state index is -1.11. The van der Waals surface area contributed by atoms with Crippen molar-refractivity contribution in [2.24, 2.45) is 32.9 Å². The van der Waals surface area contributed by atoms with E-state index >= 15 is 0 Å². The minimum Gasteiger partial charge on any atom is -0.508 e. The highest BCUT2D eigenvalue weighted by atomic mass is 16.3. The Labute approximate surface area is 262 Å². The van der Waals surface area contributed by atoms with Crippen molar-refractivity contribution in [1.82, 2.24) is 20.9 Å². The van der Waals surface area contributed by atoms with E-state index in [-0.39, 0.29) is 62.3 Å². The molecule has 15 heteroatoms. The van der Waals surface area contributed by atoms with Crippen LogP contribution in [0, 0.1) is 0 Å². The Morgan fingerprint density at radius 3 is 2.07 bits per heavy atom. The molecule has 0 saturated carbocycles.